The van der Waals surface area contributed by atoms with Gasteiger partial charge in [0, 0.05) is 19.1 Å². The molecule has 3 heteroatoms. The molecule has 1 saturated heterocycles. The molecule has 0 spiro atoms. The maximum Gasteiger partial charge on any atom is 0.453 e. The van der Waals surface area contributed by atoms with Crippen molar-refractivity contribution >= 4 is 7.12 Å². The minimum absolute atomic E-state index is 0.0203. The Morgan fingerprint density at radius 3 is 2.46 bits per heavy atom. The molecular formula is C10H21BO2. The second-order valence-electron chi connectivity index (χ2n) is 3.95. The summed E-state index contributed by atoms with van der Waals surface area (Å²) in [6.07, 6.45) is 6.65. The molecule has 0 bridgehead atoms. The predicted molar refractivity (Wildman–Crippen MR) is 55.8 cm³/mol. The third kappa shape index (κ3) is 4.68. The number of rotatable bonds is 5. The van der Waals surface area contributed by atoms with Gasteiger partial charge < -0.3 is 9.31 Å². The van der Waals surface area contributed by atoms with E-state index in [1.807, 2.05) is 6.82 Å². The van der Waals surface area contributed by atoms with Crippen LogP contribution in [0, 0.1) is 5.92 Å². The Kier molecular flexibility index (Phi) is 5.48. The van der Waals surface area contributed by atoms with E-state index in [4.69, 9.17) is 9.31 Å². The lowest BCUT2D eigenvalue weighted by atomic mass is 9.90. The Balaban J connectivity index is 1.96. The van der Waals surface area contributed by atoms with Crippen molar-refractivity contribution in [2.75, 3.05) is 13.2 Å². The van der Waals surface area contributed by atoms with Crippen molar-refractivity contribution < 1.29 is 9.31 Å². The highest BCUT2D eigenvalue weighted by Crippen LogP contribution is 2.16. The maximum atomic E-state index is 5.43. The van der Waals surface area contributed by atoms with E-state index in [1.54, 1.807) is 0 Å². The lowest BCUT2D eigenvalue weighted by Crippen LogP contribution is -2.33. The van der Waals surface area contributed by atoms with Crippen LogP contribution in [-0.4, -0.2) is 20.3 Å². The number of hydrogen-bond donors (Lipinski definition) is 0. The second kappa shape index (κ2) is 6.44. The summed E-state index contributed by atoms with van der Waals surface area (Å²) in [5.74, 6) is 0.646. The van der Waals surface area contributed by atoms with Crippen LogP contribution in [0.1, 0.15) is 39.0 Å². The van der Waals surface area contributed by atoms with E-state index < -0.39 is 0 Å². The van der Waals surface area contributed by atoms with E-state index in [9.17, 15) is 0 Å². The Morgan fingerprint density at radius 2 is 1.85 bits per heavy atom. The summed E-state index contributed by atoms with van der Waals surface area (Å²) in [6.45, 7) is 6.00. The first kappa shape index (κ1) is 11.1. The fourth-order valence-electron chi connectivity index (χ4n) is 1.67. The van der Waals surface area contributed by atoms with E-state index in [0.29, 0.717) is 5.92 Å². The van der Waals surface area contributed by atoms with Crippen LogP contribution in [0.5, 0.6) is 0 Å². The van der Waals surface area contributed by atoms with Crippen LogP contribution in [-0.2, 0) is 9.31 Å². The lowest BCUT2D eigenvalue weighted by molar-refractivity contribution is 0.0773. The van der Waals surface area contributed by atoms with Gasteiger partial charge in [0.2, 0.25) is 0 Å². The van der Waals surface area contributed by atoms with Crippen LogP contribution in [0.15, 0.2) is 0 Å². The zero-order valence-electron chi connectivity index (χ0n) is 8.92. The number of unbranched alkanes of at least 4 members (excludes halogenated alkanes) is 3. The second-order valence-corrected chi connectivity index (χ2v) is 3.95. The molecule has 0 amide bonds. The first-order chi connectivity index (χ1) is 6.33. The average molecular weight is 184 g/mol. The minimum Gasteiger partial charge on any atom is -0.411 e. The van der Waals surface area contributed by atoms with Crippen molar-refractivity contribution in [3.63, 3.8) is 0 Å². The van der Waals surface area contributed by atoms with Crippen LogP contribution >= 0.6 is 0 Å². The quantitative estimate of drug-likeness (QED) is 0.483. The van der Waals surface area contributed by atoms with Gasteiger partial charge in [0.15, 0.2) is 0 Å². The molecule has 2 nitrogen and oxygen atoms in total. The third-order valence-corrected chi connectivity index (χ3v) is 2.60. The van der Waals surface area contributed by atoms with Crippen molar-refractivity contribution in [3.05, 3.63) is 0 Å². The molecule has 0 aromatic rings. The average Bonchev–Trinajstić information content (AvgIpc) is 2.15. The highest BCUT2D eigenvalue weighted by atomic mass is 16.6. The topological polar surface area (TPSA) is 18.5 Å². The Labute approximate surface area is 82.1 Å². The molecule has 0 N–H and O–H groups in total. The van der Waals surface area contributed by atoms with Crippen molar-refractivity contribution in [1.82, 2.24) is 0 Å². The lowest BCUT2D eigenvalue weighted by Gasteiger charge is -2.25. The van der Waals surface area contributed by atoms with E-state index in [1.165, 1.54) is 32.1 Å². The fraction of sp³-hybridized carbons (Fsp3) is 1.00. The maximum absolute atomic E-state index is 5.43. The predicted octanol–water partition coefficient (Wildman–Crippen LogP) is 2.74. The Bertz CT molecular complexity index is 122. The molecule has 0 aromatic carbocycles. The molecule has 76 valence electrons. The van der Waals surface area contributed by atoms with Gasteiger partial charge in [-0.25, -0.2) is 0 Å². The SMILES string of the molecule is CCCCCCC1COB(C)OC1. The van der Waals surface area contributed by atoms with Gasteiger partial charge in [0.25, 0.3) is 0 Å². The zero-order chi connectivity index (χ0) is 9.52. The highest BCUT2D eigenvalue weighted by Gasteiger charge is 2.21. The molecule has 1 aliphatic heterocycles. The summed E-state index contributed by atoms with van der Waals surface area (Å²) < 4.78 is 10.9. The van der Waals surface area contributed by atoms with E-state index >= 15 is 0 Å². The van der Waals surface area contributed by atoms with Crippen LogP contribution in [0.4, 0.5) is 0 Å². The van der Waals surface area contributed by atoms with Gasteiger partial charge in [-0.15, -0.1) is 0 Å². The standard InChI is InChI=1S/C10H21BO2/c1-3-4-5-6-7-10-8-12-11(2)13-9-10/h10H,3-9H2,1-2H3. The van der Waals surface area contributed by atoms with Crippen molar-refractivity contribution in [2.24, 2.45) is 5.92 Å². The van der Waals surface area contributed by atoms with Gasteiger partial charge in [-0.3, -0.25) is 0 Å². The van der Waals surface area contributed by atoms with Gasteiger partial charge in [-0.1, -0.05) is 32.6 Å². The van der Waals surface area contributed by atoms with Crippen LogP contribution in [0.2, 0.25) is 6.82 Å². The van der Waals surface area contributed by atoms with E-state index in [0.717, 1.165) is 13.2 Å². The summed E-state index contributed by atoms with van der Waals surface area (Å²) >= 11 is 0. The van der Waals surface area contributed by atoms with Gasteiger partial charge in [0.1, 0.15) is 0 Å². The van der Waals surface area contributed by atoms with Gasteiger partial charge in [0.05, 0.1) is 0 Å². The van der Waals surface area contributed by atoms with Gasteiger partial charge >= 0.3 is 7.12 Å². The van der Waals surface area contributed by atoms with Crippen molar-refractivity contribution in [1.29, 1.82) is 0 Å². The van der Waals surface area contributed by atoms with Crippen LogP contribution < -0.4 is 0 Å². The highest BCUT2D eigenvalue weighted by molar-refractivity contribution is 6.42. The Morgan fingerprint density at radius 1 is 1.15 bits per heavy atom. The summed E-state index contributed by atoms with van der Waals surface area (Å²) in [4.78, 5) is 0. The molecule has 0 saturated carbocycles. The van der Waals surface area contributed by atoms with Crippen LogP contribution in [0.3, 0.4) is 0 Å². The van der Waals surface area contributed by atoms with Crippen molar-refractivity contribution in [2.45, 2.75) is 45.9 Å². The normalized spacial score (nSPS) is 19.4. The fourth-order valence-corrected chi connectivity index (χ4v) is 1.67. The molecule has 1 rings (SSSR count). The van der Waals surface area contributed by atoms with Gasteiger partial charge in [-0.2, -0.15) is 0 Å². The molecule has 0 atom stereocenters. The van der Waals surface area contributed by atoms with Crippen molar-refractivity contribution in [3.8, 4) is 0 Å². The van der Waals surface area contributed by atoms with Crippen LogP contribution in [0.25, 0.3) is 0 Å². The molecule has 0 unspecified atom stereocenters. The molecule has 13 heavy (non-hydrogen) atoms. The molecule has 1 aliphatic rings. The summed E-state index contributed by atoms with van der Waals surface area (Å²) in [5.41, 5.74) is 0. The van der Waals surface area contributed by atoms with E-state index in [2.05, 4.69) is 6.92 Å². The Hall–Kier alpha value is -0.0151. The smallest absolute Gasteiger partial charge is 0.411 e. The first-order valence-electron chi connectivity index (χ1n) is 5.56. The largest absolute Gasteiger partial charge is 0.453 e. The molecule has 0 aliphatic carbocycles. The summed E-state index contributed by atoms with van der Waals surface area (Å²) in [6, 6.07) is 0. The number of hydrogen-bond acceptors (Lipinski definition) is 2. The molecular weight excluding hydrogens is 163 g/mol. The summed E-state index contributed by atoms with van der Waals surface area (Å²) in [7, 11) is 0.0203. The zero-order valence-corrected chi connectivity index (χ0v) is 8.92. The van der Waals surface area contributed by atoms with Gasteiger partial charge in [-0.05, 0) is 13.2 Å². The molecule has 0 aromatic heterocycles. The minimum atomic E-state index is 0.0203. The molecule has 1 heterocycles. The molecule has 1 fully saturated rings. The van der Waals surface area contributed by atoms with E-state index in [-0.39, 0.29) is 7.12 Å². The summed E-state index contributed by atoms with van der Waals surface area (Å²) in [5, 5.41) is 0. The molecule has 0 radical (unpaired) electrons. The first-order valence-corrected chi connectivity index (χ1v) is 5.56. The monoisotopic (exact) mass is 184 g/mol. The third-order valence-electron chi connectivity index (χ3n) is 2.60.